The summed E-state index contributed by atoms with van der Waals surface area (Å²) < 4.78 is 0. The molecule has 0 spiro atoms. The van der Waals surface area contributed by atoms with Crippen molar-refractivity contribution in [2.75, 3.05) is 0 Å². The van der Waals surface area contributed by atoms with Crippen LogP contribution >= 0.6 is 0 Å². The minimum Gasteiger partial charge on any atom is -0.241 e. The first-order valence-corrected chi connectivity index (χ1v) is 13.1. The molecule has 1 aliphatic carbocycles. The Labute approximate surface area is 195 Å². The quantitative estimate of drug-likeness (QED) is 0.319. The van der Waals surface area contributed by atoms with Crippen LogP contribution in [0.3, 0.4) is 0 Å². The van der Waals surface area contributed by atoms with Crippen molar-refractivity contribution in [1.29, 1.82) is 5.26 Å². The first kappa shape index (κ1) is 24.4. The molecule has 3 nitrogen and oxygen atoms in total. The molecule has 1 saturated carbocycles. The Hall–Kier alpha value is -2.21. The zero-order valence-corrected chi connectivity index (χ0v) is 20.3. The fourth-order valence-electron chi connectivity index (χ4n) is 5.12. The maximum absolute atomic E-state index is 9.65. The predicted molar refractivity (Wildman–Crippen MR) is 133 cm³/mol. The highest BCUT2D eigenvalue weighted by Crippen LogP contribution is 2.34. The first-order valence-electron chi connectivity index (χ1n) is 13.1. The number of unbranched alkanes of at least 4 members (excludes halogenated alkanes) is 4. The summed E-state index contributed by atoms with van der Waals surface area (Å²) >= 11 is 0. The third-order valence-electron chi connectivity index (χ3n) is 7.25. The fourth-order valence-corrected chi connectivity index (χ4v) is 5.12. The van der Waals surface area contributed by atoms with Gasteiger partial charge in [0.2, 0.25) is 0 Å². The van der Waals surface area contributed by atoms with Gasteiger partial charge in [-0.1, -0.05) is 90.2 Å². The molecule has 0 saturated heterocycles. The predicted octanol–water partition coefficient (Wildman–Crippen LogP) is 8.07. The molecular formula is C29H41N3. The lowest BCUT2D eigenvalue weighted by molar-refractivity contribution is 0.248. The second-order valence-electron chi connectivity index (χ2n) is 9.76. The summed E-state index contributed by atoms with van der Waals surface area (Å²) in [6.07, 6.45) is 21.8. The van der Waals surface area contributed by atoms with Gasteiger partial charge in [0, 0.05) is 29.9 Å². The Morgan fingerprint density at radius 3 is 2.16 bits per heavy atom. The van der Waals surface area contributed by atoms with E-state index in [1.54, 1.807) is 0 Å². The largest absolute Gasteiger partial charge is 0.241 e. The van der Waals surface area contributed by atoms with E-state index in [-0.39, 0.29) is 0 Å². The van der Waals surface area contributed by atoms with Gasteiger partial charge in [0.1, 0.15) is 5.82 Å². The summed E-state index contributed by atoms with van der Waals surface area (Å²) in [5.74, 6) is 2.75. The van der Waals surface area contributed by atoms with Gasteiger partial charge in [-0.05, 0) is 42.7 Å². The number of nitriles is 1. The van der Waals surface area contributed by atoms with Crippen molar-refractivity contribution in [3.05, 3.63) is 47.5 Å². The van der Waals surface area contributed by atoms with Gasteiger partial charge in [0.25, 0.3) is 0 Å². The van der Waals surface area contributed by atoms with Crippen LogP contribution in [0.4, 0.5) is 0 Å². The van der Waals surface area contributed by atoms with Gasteiger partial charge in [-0.3, -0.25) is 0 Å². The number of rotatable bonds is 12. The maximum atomic E-state index is 9.65. The highest BCUT2D eigenvalue weighted by atomic mass is 14.9. The van der Waals surface area contributed by atoms with Crippen LogP contribution in [0.1, 0.15) is 108 Å². The summed E-state index contributed by atoms with van der Waals surface area (Å²) in [5.41, 5.74) is 3.86. The molecule has 0 N–H and O–H groups in total. The van der Waals surface area contributed by atoms with Crippen molar-refractivity contribution in [1.82, 2.24) is 9.97 Å². The van der Waals surface area contributed by atoms with Crippen molar-refractivity contribution in [2.45, 2.75) is 104 Å². The summed E-state index contributed by atoms with van der Waals surface area (Å²) in [7, 11) is 0. The second-order valence-corrected chi connectivity index (χ2v) is 9.76. The van der Waals surface area contributed by atoms with E-state index >= 15 is 0 Å². The third kappa shape index (κ3) is 7.44. The monoisotopic (exact) mass is 431 g/mol. The molecule has 1 aromatic heterocycles. The Morgan fingerprint density at radius 1 is 0.844 bits per heavy atom. The molecule has 1 aliphatic rings. The maximum Gasteiger partial charge on any atom is 0.128 e. The van der Waals surface area contributed by atoms with Crippen LogP contribution in [0.15, 0.2) is 30.6 Å². The van der Waals surface area contributed by atoms with Gasteiger partial charge < -0.3 is 0 Å². The molecule has 3 heteroatoms. The summed E-state index contributed by atoms with van der Waals surface area (Å²) in [6.45, 7) is 4.51. The molecule has 0 atom stereocenters. The van der Waals surface area contributed by atoms with E-state index in [2.05, 4.69) is 42.0 Å². The Morgan fingerprint density at radius 2 is 1.50 bits per heavy atom. The number of aromatic nitrogens is 2. The highest BCUT2D eigenvalue weighted by Gasteiger charge is 2.21. The molecule has 172 valence electrons. The van der Waals surface area contributed by atoms with Crippen LogP contribution in [-0.4, -0.2) is 9.97 Å². The number of nitrogens with zero attached hydrogens (tertiary/aromatic N) is 3. The summed E-state index contributed by atoms with van der Waals surface area (Å²) in [6, 6.07) is 8.63. The zero-order chi connectivity index (χ0) is 22.6. The Kier molecular flexibility index (Phi) is 10.2. The molecule has 1 heterocycles. The average molecular weight is 432 g/mol. The first-order chi connectivity index (χ1) is 15.7. The fraction of sp³-hybridized carbons (Fsp3) is 0.621. The average Bonchev–Trinajstić information content (AvgIpc) is 2.84. The van der Waals surface area contributed by atoms with Crippen molar-refractivity contribution in [2.24, 2.45) is 11.8 Å². The van der Waals surface area contributed by atoms with E-state index in [1.165, 1.54) is 82.6 Å². The molecule has 2 aromatic rings. The molecule has 0 radical (unpaired) electrons. The number of hydrogen-bond donors (Lipinski definition) is 0. The van der Waals surface area contributed by atoms with Crippen molar-refractivity contribution in [3.63, 3.8) is 0 Å². The van der Waals surface area contributed by atoms with Gasteiger partial charge in [0.05, 0.1) is 11.6 Å². The molecule has 3 rings (SSSR count). The highest BCUT2D eigenvalue weighted by molar-refractivity contribution is 5.69. The molecule has 32 heavy (non-hydrogen) atoms. The van der Waals surface area contributed by atoms with E-state index in [0.29, 0.717) is 0 Å². The van der Waals surface area contributed by atoms with Crippen LogP contribution in [0.25, 0.3) is 11.1 Å². The minimum atomic E-state index is 0.728. The number of hydrogen-bond acceptors (Lipinski definition) is 3. The summed E-state index contributed by atoms with van der Waals surface area (Å²) in [4.78, 5) is 9.28. The number of aryl methyl sites for hydroxylation is 2. The molecular weight excluding hydrogens is 390 g/mol. The van der Waals surface area contributed by atoms with Gasteiger partial charge in [-0.25, -0.2) is 9.97 Å². The topological polar surface area (TPSA) is 49.6 Å². The van der Waals surface area contributed by atoms with E-state index < -0.39 is 0 Å². The van der Waals surface area contributed by atoms with Crippen LogP contribution in [0.2, 0.25) is 0 Å². The molecule has 0 amide bonds. The van der Waals surface area contributed by atoms with Crippen LogP contribution in [0.5, 0.6) is 0 Å². The molecule has 1 fully saturated rings. The van der Waals surface area contributed by atoms with Crippen molar-refractivity contribution >= 4 is 0 Å². The van der Waals surface area contributed by atoms with Gasteiger partial charge in [0.15, 0.2) is 0 Å². The van der Waals surface area contributed by atoms with E-state index in [1.807, 2.05) is 18.5 Å². The van der Waals surface area contributed by atoms with E-state index in [0.717, 1.165) is 47.2 Å². The Balaban J connectivity index is 1.50. The minimum absolute atomic E-state index is 0.728. The lowest BCUT2D eigenvalue weighted by Gasteiger charge is -2.28. The lowest BCUT2D eigenvalue weighted by atomic mass is 9.78. The van der Waals surface area contributed by atoms with Crippen LogP contribution in [0, 0.1) is 23.2 Å². The SMILES string of the molecule is CCCCCc1ccc(-c2cnc(CC[C@H]3CC[C@H](CCCCC)CC3)nc2)c(C#N)c1. The van der Waals surface area contributed by atoms with E-state index in [9.17, 15) is 5.26 Å². The molecule has 0 bridgehead atoms. The van der Waals surface area contributed by atoms with Gasteiger partial charge in [-0.15, -0.1) is 0 Å². The third-order valence-corrected chi connectivity index (χ3v) is 7.25. The summed E-state index contributed by atoms with van der Waals surface area (Å²) in [5, 5.41) is 9.65. The van der Waals surface area contributed by atoms with Crippen LogP contribution < -0.4 is 0 Å². The van der Waals surface area contributed by atoms with Crippen molar-refractivity contribution < 1.29 is 0 Å². The zero-order valence-electron chi connectivity index (χ0n) is 20.3. The molecule has 1 aromatic carbocycles. The lowest BCUT2D eigenvalue weighted by Crippen LogP contribution is -2.15. The Bertz CT molecular complexity index is 842. The number of benzene rings is 1. The van der Waals surface area contributed by atoms with Crippen LogP contribution in [-0.2, 0) is 12.8 Å². The molecule has 0 aliphatic heterocycles. The standard InChI is InChI=1S/C29H41N3/c1-3-5-7-9-23-11-13-24(14-12-23)16-18-29-31-21-27(22-32-29)28-17-15-25(10-8-6-4-2)19-26(28)20-30/h15,17,19,21-24H,3-14,16,18H2,1-2H3/t23-,24-. The smallest absolute Gasteiger partial charge is 0.128 e. The second kappa shape index (κ2) is 13.4. The van der Waals surface area contributed by atoms with E-state index in [4.69, 9.17) is 0 Å². The molecule has 0 unspecified atom stereocenters. The van der Waals surface area contributed by atoms with Crippen molar-refractivity contribution in [3.8, 4) is 17.2 Å². The van der Waals surface area contributed by atoms with Gasteiger partial charge >= 0.3 is 0 Å². The normalized spacial score (nSPS) is 18.4. The van der Waals surface area contributed by atoms with Gasteiger partial charge in [-0.2, -0.15) is 5.26 Å².